The van der Waals surface area contributed by atoms with Crippen LogP contribution in [0.3, 0.4) is 0 Å². The van der Waals surface area contributed by atoms with Crippen molar-refractivity contribution in [3.63, 3.8) is 0 Å². The number of aromatic nitrogens is 4. The molecule has 2 aromatic heterocycles. The highest BCUT2D eigenvalue weighted by atomic mass is 32.5. The Labute approximate surface area is 199 Å². The van der Waals surface area contributed by atoms with Crippen molar-refractivity contribution in [1.29, 1.82) is 5.26 Å². The molecule has 2 aromatic rings. The van der Waals surface area contributed by atoms with Gasteiger partial charge in [0.15, 0.2) is 11.2 Å². The Morgan fingerprint density at radius 2 is 2.38 bits per heavy atom. The van der Waals surface area contributed by atoms with Crippen LogP contribution in [0, 0.1) is 17.2 Å². The number of carbonyl (C=O) groups excluding carboxylic acids is 1. The third kappa shape index (κ3) is 5.87. The molecular formula is C19H25N6O7PS. The van der Waals surface area contributed by atoms with Gasteiger partial charge in [-0.05, 0) is 0 Å². The second kappa shape index (κ2) is 11.2. The highest BCUT2D eigenvalue weighted by Gasteiger charge is 2.41. The predicted octanol–water partition coefficient (Wildman–Crippen LogP) is 1.69. The molecule has 3 heterocycles. The van der Waals surface area contributed by atoms with Crippen LogP contribution in [0.15, 0.2) is 24.0 Å². The summed E-state index contributed by atoms with van der Waals surface area (Å²) in [7, 11) is 0. The van der Waals surface area contributed by atoms with E-state index >= 15 is 0 Å². The summed E-state index contributed by atoms with van der Waals surface area (Å²) >= 11 is 5.37. The van der Waals surface area contributed by atoms with E-state index in [0.717, 1.165) is 6.26 Å². The molecule has 34 heavy (non-hydrogen) atoms. The van der Waals surface area contributed by atoms with E-state index in [2.05, 4.69) is 26.8 Å². The standard InChI is InChI=1S/C19H25N6O7PS/c1-4-29-33(34,30-7-5-6-20)32-12-8-14(31-13(12)9-26)25-10-21-15-16(25)22-19(24-18(15)28)23-17(27)11(2)3/h4,10-14,26H,1,5,7-9H2,2-3H3,(H2,22,23,24,27,28)/t12-,13?,14?,33?/m0/s1. The van der Waals surface area contributed by atoms with E-state index in [4.69, 9.17) is 35.4 Å². The van der Waals surface area contributed by atoms with Gasteiger partial charge in [-0.2, -0.15) is 10.2 Å². The first-order valence-corrected chi connectivity index (χ1v) is 12.9. The van der Waals surface area contributed by atoms with E-state index in [9.17, 15) is 14.7 Å². The monoisotopic (exact) mass is 512 g/mol. The Kier molecular flexibility index (Phi) is 8.53. The van der Waals surface area contributed by atoms with Crippen molar-refractivity contribution in [2.24, 2.45) is 5.92 Å². The topological polar surface area (TPSA) is 174 Å². The molecule has 3 unspecified atom stereocenters. The van der Waals surface area contributed by atoms with Gasteiger partial charge in [0.1, 0.15) is 18.4 Å². The lowest BCUT2D eigenvalue weighted by atomic mass is 10.2. The predicted molar refractivity (Wildman–Crippen MR) is 124 cm³/mol. The van der Waals surface area contributed by atoms with Crippen LogP contribution >= 0.6 is 6.72 Å². The lowest BCUT2D eigenvalue weighted by Crippen LogP contribution is -2.27. The number of hydrogen-bond acceptors (Lipinski definition) is 11. The number of H-pyrrole nitrogens is 1. The molecule has 184 valence electrons. The smallest absolute Gasteiger partial charge is 0.380 e. The van der Waals surface area contributed by atoms with E-state index in [1.807, 2.05) is 6.07 Å². The summed E-state index contributed by atoms with van der Waals surface area (Å²) in [5.41, 5.74) is -0.304. The zero-order valence-electron chi connectivity index (χ0n) is 18.5. The second-order valence-electron chi connectivity index (χ2n) is 7.53. The minimum Gasteiger partial charge on any atom is -0.433 e. The van der Waals surface area contributed by atoms with Gasteiger partial charge in [-0.3, -0.25) is 33.5 Å². The zero-order chi connectivity index (χ0) is 24.9. The van der Waals surface area contributed by atoms with Crippen LogP contribution in [0.2, 0.25) is 0 Å². The summed E-state index contributed by atoms with van der Waals surface area (Å²) in [5, 5.41) is 21.1. The van der Waals surface area contributed by atoms with Crippen molar-refractivity contribution < 1.29 is 28.2 Å². The van der Waals surface area contributed by atoms with Gasteiger partial charge in [0.25, 0.3) is 5.56 Å². The van der Waals surface area contributed by atoms with Crippen molar-refractivity contribution in [2.45, 2.75) is 45.1 Å². The number of hydrogen-bond donors (Lipinski definition) is 3. The number of rotatable bonds is 11. The SMILES string of the molecule is C=COP(=S)(OCCC#N)O[C@H]1CC(n2cnc3c(=O)[nH]c(NC(=O)C(C)C)nc32)OC1CO. The van der Waals surface area contributed by atoms with E-state index in [1.54, 1.807) is 13.8 Å². The summed E-state index contributed by atoms with van der Waals surface area (Å²) in [4.78, 5) is 35.4. The highest BCUT2D eigenvalue weighted by Crippen LogP contribution is 2.53. The molecule has 0 saturated carbocycles. The van der Waals surface area contributed by atoms with Crippen molar-refractivity contribution in [3.8, 4) is 6.07 Å². The van der Waals surface area contributed by atoms with Crippen LogP contribution in [-0.2, 0) is 34.9 Å². The molecule has 4 atom stereocenters. The van der Waals surface area contributed by atoms with Crippen molar-refractivity contribution in [1.82, 2.24) is 19.5 Å². The second-order valence-corrected chi connectivity index (χ2v) is 10.5. The number of ether oxygens (including phenoxy) is 1. The molecule has 3 N–H and O–H groups in total. The maximum Gasteiger partial charge on any atom is 0.380 e. The molecule has 15 heteroatoms. The number of nitriles is 1. The van der Waals surface area contributed by atoms with Crippen LogP contribution in [0.5, 0.6) is 0 Å². The average molecular weight is 512 g/mol. The molecule has 0 radical (unpaired) electrons. The molecule has 1 amide bonds. The summed E-state index contributed by atoms with van der Waals surface area (Å²) in [5.74, 6) is -0.658. The van der Waals surface area contributed by atoms with Gasteiger partial charge < -0.3 is 14.4 Å². The molecule has 1 aliphatic heterocycles. The van der Waals surface area contributed by atoms with Crippen molar-refractivity contribution in [2.75, 3.05) is 18.5 Å². The minimum absolute atomic E-state index is 0.00610. The number of amides is 1. The van der Waals surface area contributed by atoms with E-state index < -0.39 is 30.7 Å². The largest absolute Gasteiger partial charge is 0.433 e. The van der Waals surface area contributed by atoms with Gasteiger partial charge in [-0.25, -0.2) is 4.98 Å². The highest BCUT2D eigenvalue weighted by molar-refractivity contribution is 8.07. The quantitative estimate of drug-likeness (QED) is 0.227. The Morgan fingerprint density at radius 3 is 3.03 bits per heavy atom. The molecule has 1 fully saturated rings. The summed E-state index contributed by atoms with van der Waals surface area (Å²) in [6.45, 7) is 3.20. The first-order valence-electron chi connectivity index (χ1n) is 10.3. The third-order valence-corrected chi connectivity index (χ3v) is 7.07. The Bertz CT molecular complexity index is 1190. The average Bonchev–Trinajstić information content (AvgIpc) is 3.37. The molecule has 1 saturated heterocycles. The Morgan fingerprint density at radius 1 is 1.62 bits per heavy atom. The number of anilines is 1. The van der Waals surface area contributed by atoms with Crippen LogP contribution in [-0.4, -0.2) is 56.0 Å². The number of imidazole rings is 1. The summed E-state index contributed by atoms with van der Waals surface area (Å²) in [6, 6.07) is 1.94. The van der Waals surface area contributed by atoms with Gasteiger partial charge in [0.2, 0.25) is 11.9 Å². The van der Waals surface area contributed by atoms with Crippen LogP contribution in [0.4, 0.5) is 5.95 Å². The lowest BCUT2D eigenvalue weighted by molar-refractivity contribution is -0.118. The number of nitrogens with zero attached hydrogens (tertiary/aromatic N) is 4. The molecule has 0 spiro atoms. The number of aromatic amines is 1. The third-order valence-electron chi connectivity index (χ3n) is 4.80. The molecule has 0 bridgehead atoms. The van der Waals surface area contributed by atoms with E-state index in [-0.39, 0.29) is 55.0 Å². The van der Waals surface area contributed by atoms with Gasteiger partial charge in [0, 0.05) is 24.1 Å². The van der Waals surface area contributed by atoms with Gasteiger partial charge in [-0.15, -0.1) is 0 Å². The Hall–Kier alpha value is -2.66. The fraction of sp³-hybridized carbons (Fsp3) is 0.526. The summed E-state index contributed by atoms with van der Waals surface area (Å²) in [6.07, 6.45) is 0.512. The van der Waals surface area contributed by atoms with Gasteiger partial charge in [-0.1, -0.05) is 20.4 Å². The van der Waals surface area contributed by atoms with Crippen LogP contribution < -0.4 is 10.9 Å². The Balaban J connectivity index is 1.85. The molecule has 13 nitrogen and oxygen atoms in total. The van der Waals surface area contributed by atoms with Crippen molar-refractivity contribution in [3.05, 3.63) is 29.5 Å². The number of carbonyl (C=O) groups is 1. The molecular weight excluding hydrogens is 487 g/mol. The van der Waals surface area contributed by atoms with Gasteiger partial charge >= 0.3 is 6.72 Å². The van der Waals surface area contributed by atoms with E-state index in [0.29, 0.717) is 0 Å². The molecule has 0 aromatic carbocycles. The maximum absolute atomic E-state index is 12.4. The summed E-state index contributed by atoms with van der Waals surface area (Å²) < 4.78 is 24.1. The van der Waals surface area contributed by atoms with Gasteiger partial charge in [0.05, 0.1) is 38.3 Å². The normalized spacial score (nSPS) is 21.8. The van der Waals surface area contributed by atoms with Crippen LogP contribution in [0.1, 0.15) is 32.9 Å². The minimum atomic E-state index is -3.31. The fourth-order valence-corrected chi connectivity index (χ4v) is 5.11. The lowest BCUT2D eigenvalue weighted by Gasteiger charge is -2.25. The maximum atomic E-state index is 12.4. The first kappa shape index (κ1) is 26.0. The first-order chi connectivity index (χ1) is 16.2. The number of aliphatic hydroxyl groups is 1. The fourth-order valence-electron chi connectivity index (χ4n) is 3.15. The number of nitrogens with one attached hydrogen (secondary N) is 2. The molecule has 3 rings (SSSR count). The molecule has 0 aliphatic carbocycles. The number of fused-ring (bicyclic) bond motifs is 1. The van der Waals surface area contributed by atoms with Crippen LogP contribution in [0.25, 0.3) is 11.2 Å². The van der Waals surface area contributed by atoms with Crippen molar-refractivity contribution >= 4 is 41.5 Å². The zero-order valence-corrected chi connectivity index (χ0v) is 20.3. The molecule has 1 aliphatic rings. The number of aliphatic hydroxyl groups excluding tert-OH is 1. The van der Waals surface area contributed by atoms with E-state index in [1.165, 1.54) is 10.9 Å².